The van der Waals surface area contributed by atoms with Gasteiger partial charge in [-0.2, -0.15) is 0 Å². The van der Waals surface area contributed by atoms with Gasteiger partial charge in [0.25, 0.3) is 0 Å². The first-order valence-corrected chi connectivity index (χ1v) is 7.54. The standard InChI is InChI=1S/C18H26FN2/c1-13(12-18(3,4)5)15-9-7-8-10-16(15)21(6)17(19)11-14(2)20-21/h7-11,13H,12H2,1-6H3/q+1. The summed E-state index contributed by atoms with van der Waals surface area (Å²) in [6, 6.07) is 8.08. The fourth-order valence-electron chi connectivity index (χ4n) is 3.19. The molecule has 1 aliphatic heterocycles. The van der Waals surface area contributed by atoms with E-state index in [0.29, 0.717) is 5.92 Å². The highest BCUT2D eigenvalue weighted by Gasteiger charge is 2.39. The molecular formula is C18H26FN2+. The molecule has 0 aliphatic carbocycles. The minimum atomic E-state index is -0.220. The average Bonchev–Trinajstić information content (AvgIpc) is 2.62. The van der Waals surface area contributed by atoms with Crippen molar-refractivity contribution in [2.75, 3.05) is 7.05 Å². The van der Waals surface area contributed by atoms with Gasteiger partial charge in [-0.15, -0.1) is 8.98 Å². The Morgan fingerprint density at radius 3 is 2.38 bits per heavy atom. The Bertz CT molecular complexity index is 595. The molecule has 0 bridgehead atoms. The molecule has 1 aromatic rings. The van der Waals surface area contributed by atoms with Gasteiger partial charge in [0.2, 0.25) is 0 Å². The van der Waals surface area contributed by atoms with E-state index in [9.17, 15) is 4.39 Å². The Hall–Kier alpha value is -1.48. The van der Waals surface area contributed by atoms with Crippen molar-refractivity contribution in [3.63, 3.8) is 0 Å². The zero-order valence-electron chi connectivity index (χ0n) is 13.9. The number of allylic oxidation sites excluding steroid dienone is 1. The minimum Gasteiger partial charge on any atom is -0.144 e. The predicted molar refractivity (Wildman–Crippen MR) is 88.9 cm³/mol. The number of nitrogens with zero attached hydrogens (tertiary/aromatic N) is 2. The average molecular weight is 289 g/mol. The third-order valence-electron chi connectivity index (χ3n) is 3.96. The summed E-state index contributed by atoms with van der Waals surface area (Å²) in [7, 11) is 1.81. The van der Waals surface area contributed by atoms with E-state index in [1.54, 1.807) is 0 Å². The smallest absolute Gasteiger partial charge is 0.144 e. The van der Waals surface area contributed by atoms with Crippen molar-refractivity contribution in [1.82, 2.24) is 4.59 Å². The molecule has 0 N–H and O–H groups in total. The normalized spacial score (nSPS) is 23.8. The van der Waals surface area contributed by atoms with Crippen LogP contribution in [0.25, 0.3) is 0 Å². The van der Waals surface area contributed by atoms with E-state index in [4.69, 9.17) is 0 Å². The van der Waals surface area contributed by atoms with Crippen LogP contribution in [0.1, 0.15) is 52.5 Å². The molecule has 0 amide bonds. The highest BCUT2D eigenvalue weighted by Crippen LogP contribution is 2.41. The summed E-state index contributed by atoms with van der Waals surface area (Å²) < 4.78 is 14.3. The Morgan fingerprint density at radius 1 is 1.24 bits per heavy atom. The van der Waals surface area contributed by atoms with Crippen LogP contribution in [0, 0.1) is 5.41 Å². The van der Waals surface area contributed by atoms with Gasteiger partial charge in [-0.1, -0.05) is 51.0 Å². The summed E-state index contributed by atoms with van der Waals surface area (Å²) in [4.78, 5) is 0. The molecule has 1 heterocycles. The van der Waals surface area contributed by atoms with Crippen LogP contribution < -0.4 is 4.59 Å². The molecule has 1 aromatic carbocycles. The van der Waals surface area contributed by atoms with Gasteiger partial charge >= 0.3 is 5.95 Å². The predicted octanol–water partition coefficient (Wildman–Crippen LogP) is 5.36. The van der Waals surface area contributed by atoms with E-state index in [1.807, 2.05) is 32.2 Å². The van der Waals surface area contributed by atoms with Crippen molar-refractivity contribution in [3.05, 3.63) is 41.9 Å². The number of rotatable bonds is 3. The lowest BCUT2D eigenvalue weighted by atomic mass is 9.82. The van der Waals surface area contributed by atoms with Gasteiger partial charge in [-0.05, 0) is 24.7 Å². The van der Waals surface area contributed by atoms with Crippen molar-refractivity contribution in [2.24, 2.45) is 10.5 Å². The van der Waals surface area contributed by atoms with E-state index in [1.165, 1.54) is 11.6 Å². The third kappa shape index (κ3) is 3.24. The summed E-state index contributed by atoms with van der Waals surface area (Å²) in [5, 5.41) is 4.50. The molecule has 21 heavy (non-hydrogen) atoms. The van der Waals surface area contributed by atoms with Gasteiger partial charge in [-0.25, -0.2) is 0 Å². The molecule has 0 saturated heterocycles. The number of hydrogen-bond donors (Lipinski definition) is 0. The monoisotopic (exact) mass is 289 g/mol. The fraction of sp³-hybridized carbons (Fsp3) is 0.500. The van der Waals surface area contributed by atoms with Crippen molar-refractivity contribution in [1.29, 1.82) is 0 Å². The van der Waals surface area contributed by atoms with Crippen LogP contribution in [0.3, 0.4) is 0 Å². The SMILES string of the molecule is CC1=N[N+](C)(c2ccccc2C(C)CC(C)(C)C)C(F)=C1. The van der Waals surface area contributed by atoms with Crippen molar-refractivity contribution in [3.8, 4) is 0 Å². The van der Waals surface area contributed by atoms with Crippen LogP contribution in [-0.2, 0) is 0 Å². The molecule has 0 saturated carbocycles. The molecule has 0 aromatic heterocycles. The molecule has 0 radical (unpaired) electrons. The van der Waals surface area contributed by atoms with Crippen molar-refractivity contribution >= 4 is 11.4 Å². The first-order valence-electron chi connectivity index (χ1n) is 7.54. The van der Waals surface area contributed by atoms with Crippen LogP contribution in [0.15, 0.2) is 41.4 Å². The Kier molecular flexibility index (Phi) is 4.07. The van der Waals surface area contributed by atoms with Crippen LogP contribution in [-0.4, -0.2) is 12.8 Å². The highest BCUT2D eigenvalue weighted by atomic mass is 19.1. The lowest BCUT2D eigenvalue weighted by molar-refractivity contribution is 0.326. The topological polar surface area (TPSA) is 12.4 Å². The molecule has 1 aliphatic rings. The van der Waals surface area contributed by atoms with E-state index < -0.39 is 0 Å². The second-order valence-corrected chi connectivity index (χ2v) is 7.39. The van der Waals surface area contributed by atoms with Gasteiger partial charge in [0.05, 0.1) is 6.08 Å². The van der Waals surface area contributed by atoms with Gasteiger partial charge in [-0.3, -0.25) is 0 Å². The van der Waals surface area contributed by atoms with Crippen LogP contribution >= 0.6 is 0 Å². The number of benzene rings is 1. The molecule has 2 nitrogen and oxygen atoms in total. The van der Waals surface area contributed by atoms with Gasteiger partial charge < -0.3 is 0 Å². The van der Waals surface area contributed by atoms with Gasteiger partial charge in [0, 0.05) is 11.6 Å². The highest BCUT2D eigenvalue weighted by molar-refractivity contribution is 5.96. The zero-order valence-corrected chi connectivity index (χ0v) is 13.9. The Balaban J connectivity index is 2.46. The maximum atomic E-state index is 14.4. The fourth-order valence-corrected chi connectivity index (χ4v) is 3.19. The second kappa shape index (κ2) is 5.38. The molecule has 2 rings (SSSR count). The summed E-state index contributed by atoms with van der Waals surface area (Å²) >= 11 is 0. The van der Waals surface area contributed by atoms with E-state index in [0.717, 1.165) is 17.8 Å². The van der Waals surface area contributed by atoms with Gasteiger partial charge in [0.1, 0.15) is 12.8 Å². The minimum absolute atomic E-state index is 0.101. The largest absolute Gasteiger partial charge is 0.319 e. The van der Waals surface area contributed by atoms with E-state index in [-0.39, 0.29) is 16.0 Å². The lowest BCUT2D eigenvalue weighted by Crippen LogP contribution is -2.35. The van der Waals surface area contributed by atoms with Crippen LogP contribution in [0.2, 0.25) is 0 Å². The van der Waals surface area contributed by atoms with Crippen molar-refractivity contribution < 1.29 is 4.39 Å². The number of quaternary nitrogens is 1. The number of hydrogen-bond acceptors (Lipinski definition) is 1. The summed E-state index contributed by atoms with van der Waals surface area (Å²) in [5.74, 6) is 0.142. The summed E-state index contributed by atoms with van der Waals surface area (Å²) in [5.41, 5.74) is 3.08. The lowest BCUT2D eigenvalue weighted by Gasteiger charge is -2.28. The Morgan fingerprint density at radius 2 is 1.86 bits per heavy atom. The second-order valence-electron chi connectivity index (χ2n) is 7.39. The maximum Gasteiger partial charge on any atom is 0.319 e. The number of halogens is 1. The van der Waals surface area contributed by atoms with Crippen LogP contribution in [0.5, 0.6) is 0 Å². The summed E-state index contributed by atoms with van der Waals surface area (Å²) in [6.45, 7) is 10.8. The summed E-state index contributed by atoms with van der Waals surface area (Å²) in [6.07, 6.45) is 2.57. The van der Waals surface area contributed by atoms with E-state index >= 15 is 0 Å². The molecule has 114 valence electrons. The quantitative estimate of drug-likeness (QED) is 0.524. The molecule has 0 spiro atoms. The van der Waals surface area contributed by atoms with Crippen molar-refractivity contribution in [2.45, 2.75) is 47.0 Å². The first-order chi connectivity index (χ1) is 9.63. The number of para-hydroxylation sites is 1. The third-order valence-corrected chi connectivity index (χ3v) is 3.96. The first kappa shape index (κ1) is 15.9. The zero-order chi connectivity index (χ0) is 15.8. The molecule has 2 atom stereocenters. The maximum absolute atomic E-state index is 14.4. The van der Waals surface area contributed by atoms with E-state index in [2.05, 4.69) is 38.9 Å². The molecule has 0 fully saturated rings. The molecule has 3 heteroatoms. The molecule has 2 unspecified atom stereocenters. The molecular weight excluding hydrogens is 263 g/mol. The Labute approximate surface area is 127 Å². The van der Waals surface area contributed by atoms with Crippen LogP contribution in [0.4, 0.5) is 10.1 Å². The van der Waals surface area contributed by atoms with Gasteiger partial charge in [0.15, 0.2) is 5.69 Å².